The number of nitriles is 2. The van der Waals surface area contributed by atoms with Gasteiger partial charge in [-0.25, -0.2) is 0 Å². The van der Waals surface area contributed by atoms with E-state index in [0.29, 0.717) is 52.6 Å². The molecule has 0 N–H and O–H groups in total. The van der Waals surface area contributed by atoms with Gasteiger partial charge in [-0.1, -0.05) is 87.1 Å². The molecule has 0 fully saturated rings. The zero-order valence-corrected chi connectivity index (χ0v) is 23.9. The summed E-state index contributed by atoms with van der Waals surface area (Å²) in [5.74, 6) is 0.279. The first kappa shape index (κ1) is 28.9. The lowest BCUT2D eigenvalue weighted by Gasteiger charge is -2.19. The number of allylic oxidation sites excluding steroid dienone is 1. The van der Waals surface area contributed by atoms with Crippen molar-refractivity contribution in [1.82, 2.24) is 0 Å². The summed E-state index contributed by atoms with van der Waals surface area (Å²) in [7, 11) is 0. The van der Waals surface area contributed by atoms with E-state index in [9.17, 15) is 15.3 Å². The average molecular weight is 569 g/mol. The van der Waals surface area contributed by atoms with Crippen molar-refractivity contribution in [3.63, 3.8) is 0 Å². The van der Waals surface area contributed by atoms with E-state index in [1.54, 1.807) is 0 Å². The monoisotopic (exact) mass is 568 g/mol. The van der Waals surface area contributed by atoms with E-state index in [1.165, 1.54) is 47.0 Å². The molecule has 2 aliphatic rings. The zero-order chi connectivity index (χ0) is 26.9. The van der Waals surface area contributed by atoms with Crippen molar-refractivity contribution in [1.29, 1.82) is 10.5 Å². The van der Waals surface area contributed by atoms with Gasteiger partial charge in [0.1, 0.15) is 40.8 Å². The number of ether oxygens (including phenoxy) is 2. The Balaban J connectivity index is 2.21. The van der Waals surface area contributed by atoms with Gasteiger partial charge in [0.2, 0.25) is 0 Å². The molecule has 0 radical (unpaired) electrons. The Morgan fingerprint density at radius 1 is 0.892 bits per heavy atom. The van der Waals surface area contributed by atoms with Crippen LogP contribution in [0.3, 0.4) is 0 Å². The van der Waals surface area contributed by atoms with Crippen LogP contribution in [0.1, 0.15) is 59.3 Å². The van der Waals surface area contributed by atoms with Crippen LogP contribution < -0.4 is 9.47 Å². The molecule has 0 saturated heterocycles. The van der Waals surface area contributed by atoms with E-state index >= 15 is 0 Å². The first-order valence-corrected chi connectivity index (χ1v) is 15.1. The Morgan fingerprint density at radius 2 is 1.43 bits per heavy atom. The van der Waals surface area contributed by atoms with Crippen molar-refractivity contribution in [3.8, 4) is 23.6 Å². The molecular weight excluding hydrogens is 545 g/mol. The zero-order valence-electron chi connectivity index (χ0n) is 20.7. The second kappa shape index (κ2) is 13.8. The Labute approximate surface area is 234 Å². The van der Waals surface area contributed by atoms with Gasteiger partial charge >= 0.3 is 11.8 Å². The van der Waals surface area contributed by atoms with Crippen LogP contribution >= 0.6 is 47.0 Å². The van der Waals surface area contributed by atoms with E-state index in [1.807, 2.05) is 19.1 Å². The van der Waals surface area contributed by atoms with Crippen molar-refractivity contribution in [2.24, 2.45) is 5.92 Å². The minimum absolute atomic E-state index is 0.0123. The number of esters is 1. The molecule has 190 valence electrons. The number of unbranched alkanes of at least 4 members (excludes halogenated alkanes) is 2. The van der Waals surface area contributed by atoms with Crippen LogP contribution in [0.5, 0.6) is 11.5 Å². The van der Waals surface area contributed by atoms with Crippen LogP contribution in [0.4, 0.5) is 0 Å². The number of carbonyl (C=O) groups is 1. The molecule has 1 unspecified atom stereocenters. The average Bonchev–Trinajstić information content (AvgIpc) is 3.53. The van der Waals surface area contributed by atoms with Crippen molar-refractivity contribution in [3.05, 3.63) is 42.7 Å². The van der Waals surface area contributed by atoms with Crippen molar-refractivity contribution in [2.75, 3.05) is 6.61 Å². The van der Waals surface area contributed by atoms with Crippen LogP contribution in [-0.4, -0.2) is 12.6 Å². The first-order chi connectivity index (χ1) is 18.0. The van der Waals surface area contributed by atoms with Crippen molar-refractivity contribution in [2.45, 2.75) is 78.9 Å². The Morgan fingerprint density at radius 3 is 1.92 bits per heavy atom. The molecule has 0 spiro atoms. The maximum Gasteiger partial charge on any atom is 0.540 e. The number of fused-ring (bicyclic) bond motifs is 2. The van der Waals surface area contributed by atoms with Crippen molar-refractivity contribution >= 4 is 53.0 Å². The summed E-state index contributed by atoms with van der Waals surface area (Å²) in [4.78, 5) is 22.7. The van der Waals surface area contributed by atoms with Gasteiger partial charge < -0.3 is 9.47 Å². The second-order valence-corrected chi connectivity index (χ2v) is 12.6. The molecule has 3 rings (SSSR count). The van der Waals surface area contributed by atoms with Crippen LogP contribution in [0.15, 0.2) is 39.5 Å². The summed E-state index contributed by atoms with van der Waals surface area (Å²) in [5, 5.41) is 19.0. The predicted molar refractivity (Wildman–Crippen MR) is 148 cm³/mol. The number of rotatable bonds is 10. The van der Waals surface area contributed by atoms with Crippen LogP contribution in [0.25, 0.3) is 9.69 Å². The van der Waals surface area contributed by atoms with Crippen LogP contribution in [-0.2, 0) is 4.79 Å². The molecule has 0 aromatic heterocycles. The summed E-state index contributed by atoms with van der Waals surface area (Å²) >= 11 is 4.97. The molecule has 7 nitrogen and oxygen atoms in total. The first-order valence-electron chi connectivity index (χ1n) is 11.8. The molecule has 2 aliphatic heterocycles. The molecule has 0 aliphatic carbocycles. The highest BCUT2D eigenvalue weighted by Crippen LogP contribution is 2.68. The third-order valence-electron chi connectivity index (χ3n) is 5.52. The van der Waals surface area contributed by atoms with Gasteiger partial charge in [0.25, 0.3) is 0 Å². The fourth-order valence-corrected chi connectivity index (χ4v) is 8.67. The lowest BCUT2D eigenvalue weighted by Crippen LogP contribution is -2.20. The van der Waals surface area contributed by atoms with Crippen LogP contribution in [0, 0.1) is 41.7 Å². The molecule has 1 aromatic rings. The number of benzene rings is 1. The molecule has 0 bridgehead atoms. The quantitative estimate of drug-likeness (QED) is 0.0904. The summed E-state index contributed by atoms with van der Waals surface area (Å²) in [6, 6.07) is 3.90. The maximum atomic E-state index is 13.3. The topological polar surface area (TPSA) is 91.8 Å². The SMILES string of the molecule is [C-]#[N+]C([N+]#[C-])=C1Sc2c(OCCCC)c3c(c(OC(=O)C(CC)CCCC)c2S1)SC(=C(C#N)C#N)S3. The second-order valence-electron chi connectivity index (χ2n) is 7.97. The fraction of sp³-hybridized carbons (Fsp3) is 0.423. The van der Waals surface area contributed by atoms with E-state index in [2.05, 4.69) is 23.5 Å². The summed E-state index contributed by atoms with van der Waals surface area (Å²) in [6.07, 6.45) is 5.02. The fourth-order valence-electron chi connectivity index (χ4n) is 3.49. The molecule has 1 aromatic carbocycles. The largest absolute Gasteiger partial charge is 0.540 e. The van der Waals surface area contributed by atoms with Gasteiger partial charge in [0.05, 0.1) is 36.3 Å². The standard InChI is InChI=1S/C26H24N4O3S4/c1-6-9-11-15(8-3)24(31)33-18-21-19(34-25(35-21)16(13-27)14-28)17(32-12-10-7-2)20-22(18)37-26(36-20)23(29-4)30-5/h15H,6-12H2,1-3H3. The molecule has 11 heteroatoms. The Hall–Kier alpha value is -2.67. The maximum absolute atomic E-state index is 13.3. The highest BCUT2D eigenvalue weighted by molar-refractivity contribution is 8.26. The van der Waals surface area contributed by atoms with Gasteiger partial charge in [-0.15, -0.1) is 0 Å². The Kier molecular flexibility index (Phi) is 10.7. The summed E-state index contributed by atoms with van der Waals surface area (Å²) < 4.78 is 13.3. The highest BCUT2D eigenvalue weighted by atomic mass is 32.2. The highest BCUT2D eigenvalue weighted by Gasteiger charge is 2.40. The third-order valence-corrected chi connectivity index (χ3v) is 10.7. The van der Waals surface area contributed by atoms with E-state index in [-0.39, 0.29) is 23.3 Å². The third kappa shape index (κ3) is 6.25. The molecule has 0 amide bonds. The van der Waals surface area contributed by atoms with E-state index in [0.717, 1.165) is 32.1 Å². The van der Waals surface area contributed by atoms with Gasteiger partial charge in [-0.2, -0.15) is 20.2 Å². The number of hydrogen-bond acceptors (Lipinski definition) is 9. The molecule has 37 heavy (non-hydrogen) atoms. The molecular formula is C26H24N4O3S4. The lowest BCUT2D eigenvalue weighted by atomic mass is 10.00. The van der Waals surface area contributed by atoms with E-state index < -0.39 is 0 Å². The normalized spacial score (nSPS) is 13.9. The van der Waals surface area contributed by atoms with Gasteiger partial charge in [-0.05, 0) is 19.3 Å². The molecule has 0 saturated carbocycles. The van der Waals surface area contributed by atoms with Gasteiger partial charge in [0.15, 0.2) is 5.75 Å². The predicted octanol–water partition coefficient (Wildman–Crippen LogP) is 8.61. The summed E-state index contributed by atoms with van der Waals surface area (Å²) in [6.45, 7) is 21.4. The van der Waals surface area contributed by atoms with Crippen LogP contribution in [0.2, 0.25) is 0 Å². The minimum atomic E-state index is -0.331. The van der Waals surface area contributed by atoms with Gasteiger partial charge in [0, 0.05) is 0 Å². The summed E-state index contributed by atoms with van der Waals surface area (Å²) in [5.41, 5.74) is -0.0123. The van der Waals surface area contributed by atoms with Crippen molar-refractivity contribution < 1.29 is 14.3 Å². The Bertz CT molecular complexity index is 1210. The van der Waals surface area contributed by atoms with Gasteiger partial charge in [-0.3, -0.25) is 4.79 Å². The molecule has 2 heterocycles. The number of carbonyl (C=O) groups excluding carboxylic acids is 1. The minimum Gasteiger partial charge on any atom is -0.491 e. The lowest BCUT2D eigenvalue weighted by molar-refractivity contribution is -0.139. The van der Waals surface area contributed by atoms with E-state index in [4.69, 9.17) is 22.6 Å². The smallest absolute Gasteiger partial charge is 0.491 e. The number of nitrogens with zero attached hydrogens (tertiary/aromatic N) is 4. The number of hydrogen-bond donors (Lipinski definition) is 0. The number of thioether (sulfide) groups is 4. The molecule has 1 atom stereocenters.